The summed E-state index contributed by atoms with van der Waals surface area (Å²) in [6.45, 7) is 4.34. The largest absolute Gasteiger partial charge is 0.466 e. The van der Waals surface area contributed by atoms with Crippen LogP contribution in [0.3, 0.4) is 0 Å². The summed E-state index contributed by atoms with van der Waals surface area (Å²) in [6, 6.07) is 22.3. The van der Waals surface area contributed by atoms with E-state index in [2.05, 4.69) is 29.6 Å². The summed E-state index contributed by atoms with van der Waals surface area (Å²) in [7, 11) is 0. The predicted molar refractivity (Wildman–Crippen MR) is 99.4 cm³/mol. The van der Waals surface area contributed by atoms with Gasteiger partial charge >= 0.3 is 0 Å². The maximum atomic E-state index is 12.5. The lowest BCUT2D eigenvalue weighted by Crippen LogP contribution is -2.25. The van der Waals surface area contributed by atoms with Crippen molar-refractivity contribution >= 4 is 5.91 Å². The Kier molecular flexibility index (Phi) is 5.34. The molecule has 0 saturated carbocycles. The van der Waals surface area contributed by atoms with E-state index in [1.54, 1.807) is 0 Å². The molecule has 0 aliphatic rings. The Balaban J connectivity index is 1.72. The van der Waals surface area contributed by atoms with Crippen LogP contribution in [0.5, 0.6) is 0 Å². The highest BCUT2D eigenvalue weighted by molar-refractivity contribution is 5.77. The van der Waals surface area contributed by atoms with Gasteiger partial charge in [0.2, 0.25) is 5.91 Å². The molecule has 1 N–H and O–H groups in total. The summed E-state index contributed by atoms with van der Waals surface area (Å²) >= 11 is 0. The number of hydrogen-bond donors (Lipinski definition) is 1. The Hall–Kier alpha value is -2.81. The third-order valence-corrected chi connectivity index (χ3v) is 4.41. The molecule has 3 nitrogen and oxygen atoms in total. The van der Waals surface area contributed by atoms with Crippen LogP contribution in [0.1, 0.15) is 40.5 Å². The summed E-state index contributed by atoms with van der Waals surface area (Å²) in [5.74, 6) is 1.82. The Morgan fingerprint density at radius 2 is 1.52 bits per heavy atom. The zero-order valence-corrected chi connectivity index (χ0v) is 14.7. The number of carbonyl (C=O) groups excluding carboxylic acids is 1. The molecule has 0 unspecified atom stereocenters. The van der Waals surface area contributed by atoms with Gasteiger partial charge in [-0.3, -0.25) is 4.79 Å². The van der Waals surface area contributed by atoms with Crippen LogP contribution in [0.15, 0.2) is 71.1 Å². The SMILES string of the molecule is Cc1cc(CNC(=O)CC(c2ccccc2)c2ccccc2)c(C)o1. The van der Waals surface area contributed by atoms with Gasteiger partial charge < -0.3 is 9.73 Å². The summed E-state index contributed by atoms with van der Waals surface area (Å²) in [5, 5.41) is 3.02. The van der Waals surface area contributed by atoms with E-state index < -0.39 is 0 Å². The minimum Gasteiger partial charge on any atom is -0.466 e. The first-order valence-corrected chi connectivity index (χ1v) is 8.56. The lowest BCUT2D eigenvalue weighted by Gasteiger charge is -2.18. The molecule has 25 heavy (non-hydrogen) atoms. The number of carbonyl (C=O) groups is 1. The topological polar surface area (TPSA) is 42.2 Å². The fourth-order valence-corrected chi connectivity index (χ4v) is 3.11. The summed E-state index contributed by atoms with van der Waals surface area (Å²) in [4.78, 5) is 12.5. The van der Waals surface area contributed by atoms with E-state index in [0.717, 1.165) is 28.2 Å². The molecule has 0 spiro atoms. The molecule has 0 radical (unpaired) electrons. The smallest absolute Gasteiger partial charge is 0.221 e. The second-order valence-corrected chi connectivity index (χ2v) is 6.29. The molecule has 0 fully saturated rings. The quantitative estimate of drug-likeness (QED) is 0.708. The van der Waals surface area contributed by atoms with Crippen LogP contribution in [0.25, 0.3) is 0 Å². The van der Waals surface area contributed by atoms with E-state index in [-0.39, 0.29) is 11.8 Å². The Morgan fingerprint density at radius 3 is 2.00 bits per heavy atom. The van der Waals surface area contributed by atoms with Crippen molar-refractivity contribution in [2.45, 2.75) is 32.7 Å². The molecule has 0 atom stereocenters. The zero-order valence-electron chi connectivity index (χ0n) is 14.7. The van der Waals surface area contributed by atoms with E-state index in [0.29, 0.717) is 13.0 Å². The van der Waals surface area contributed by atoms with Gasteiger partial charge in [-0.1, -0.05) is 60.7 Å². The standard InChI is InChI=1S/C22H23NO2/c1-16-13-20(17(2)25-16)15-23-22(24)14-21(18-9-5-3-6-10-18)19-11-7-4-8-12-19/h3-13,21H,14-15H2,1-2H3,(H,23,24). The summed E-state index contributed by atoms with van der Waals surface area (Å²) in [5.41, 5.74) is 3.33. The first-order valence-electron chi connectivity index (χ1n) is 8.56. The molecule has 0 aliphatic heterocycles. The third kappa shape index (κ3) is 4.38. The highest BCUT2D eigenvalue weighted by atomic mass is 16.3. The van der Waals surface area contributed by atoms with Crippen molar-refractivity contribution in [3.05, 3.63) is 94.9 Å². The van der Waals surface area contributed by atoms with Crippen LogP contribution >= 0.6 is 0 Å². The van der Waals surface area contributed by atoms with Crippen LogP contribution in [0.2, 0.25) is 0 Å². The van der Waals surface area contributed by atoms with E-state index in [9.17, 15) is 4.79 Å². The second-order valence-electron chi connectivity index (χ2n) is 6.29. The van der Waals surface area contributed by atoms with Crippen LogP contribution in [0, 0.1) is 13.8 Å². The van der Waals surface area contributed by atoms with E-state index in [1.807, 2.05) is 56.3 Å². The average molecular weight is 333 g/mol. The van der Waals surface area contributed by atoms with Crippen LogP contribution in [0.4, 0.5) is 0 Å². The van der Waals surface area contributed by atoms with E-state index in [4.69, 9.17) is 4.42 Å². The monoisotopic (exact) mass is 333 g/mol. The number of rotatable bonds is 6. The van der Waals surface area contributed by atoms with Crippen LogP contribution in [-0.4, -0.2) is 5.91 Å². The Bertz CT molecular complexity index is 782. The first-order chi connectivity index (χ1) is 12.1. The number of amides is 1. The summed E-state index contributed by atoms with van der Waals surface area (Å²) in [6.07, 6.45) is 0.421. The molecule has 0 aliphatic carbocycles. The van der Waals surface area contributed by atoms with Crippen molar-refractivity contribution in [1.29, 1.82) is 0 Å². The molecular formula is C22H23NO2. The lowest BCUT2D eigenvalue weighted by atomic mass is 9.88. The number of hydrogen-bond acceptors (Lipinski definition) is 2. The van der Waals surface area contributed by atoms with Gasteiger partial charge in [0, 0.05) is 24.4 Å². The van der Waals surface area contributed by atoms with Crippen molar-refractivity contribution in [2.24, 2.45) is 0 Å². The average Bonchev–Trinajstić information content (AvgIpc) is 2.96. The highest BCUT2D eigenvalue weighted by Gasteiger charge is 2.18. The van der Waals surface area contributed by atoms with Gasteiger partial charge in [-0.15, -0.1) is 0 Å². The van der Waals surface area contributed by atoms with Gasteiger partial charge in [0.1, 0.15) is 11.5 Å². The minimum atomic E-state index is 0.0379. The van der Waals surface area contributed by atoms with Gasteiger partial charge in [-0.05, 0) is 31.0 Å². The first kappa shape index (κ1) is 17.0. The van der Waals surface area contributed by atoms with Crippen LogP contribution < -0.4 is 5.32 Å². The maximum Gasteiger partial charge on any atom is 0.221 e. The fourth-order valence-electron chi connectivity index (χ4n) is 3.11. The molecular weight excluding hydrogens is 310 g/mol. The molecule has 0 bridgehead atoms. The van der Waals surface area contributed by atoms with Crippen molar-refractivity contribution in [3.63, 3.8) is 0 Å². The molecule has 128 valence electrons. The number of aryl methyl sites for hydroxylation is 2. The van der Waals surface area contributed by atoms with E-state index >= 15 is 0 Å². The molecule has 3 rings (SSSR count). The van der Waals surface area contributed by atoms with Gasteiger partial charge in [-0.2, -0.15) is 0 Å². The molecule has 3 heteroatoms. The molecule has 1 heterocycles. The van der Waals surface area contributed by atoms with Gasteiger partial charge in [-0.25, -0.2) is 0 Å². The fraction of sp³-hybridized carbons (Fsp3) is 0.227. The number of furan rings is 1. The maximum absolute atomic E-state index is 12.5. The molecule has 0 saturated heterocycles. The molecule has 3 aromatic rings. The Morgan fingerprint density at radius 1 is 0.960 bits per heavy atom. The minimum absolute atomic E-state index is 0.0379. The van der Waals surface area contributed by atoms with Crippen molar-refractivity contribution in [3.8, 4) is 0 Å². The van der Waals surface area contributed by atoms with Gasteiger partial charge in [0.15, 0.2) is 0 Å². The lowest BCUT2D eigenvalue weighted by molar-refractivity contribution is -0.121. The molecule has 1 aromatic heterocycles. The third-order valence-electron chi connectivity index (χ3n) is 4.41. The summed E-state index contributed by atoms with van der Waals surface area (Å²) < 4.78 is 5.52. The van der Waals surface area contributed by atoms with Crippen LogP contribution in [-0.2, 0) is 11.3 Å². The molecule has 1 amide bonds. The van der Waals surface area contributed by atoms with Gasteiger partial charge in [0.25, 0.3) is 0 Å². The number of benzene rings is 2. The molecule has 2 aromatic carbocycles. The van der Waals surface area contributed by atoms with Gasteiger partial charge in [0.05, 0.1) is 0 Å². The Labute approximate surface area is 148 Å². The predicted octanol–water partition coefficient (Wildman–Crippen LogP) is 4.73. The second kappa shape index (κ2) is 7.84. The van der Waals surface area contributed by atoms with Crippen molar-refractivity contribution in [2.75, 3.05) is 0 Å². The normalized spacial score (nSPS) is 10.8. The van der Waals surface area contributed by atoms with Crippen molar-refractivity contribution in [1.82, 2.24) is 5.32 Å². The highest BCUT2D eigenvalue weighted by Crippen LogP contribution is 2.27. The zero-order chi connectivity index (χ0) is 17.6. The number of nitrogens with one attached hydrogen (secondary N) is 1. The van der Waals surface area contributed by atoms with E-state index in [1.165, 1.54) is 0 Å². The van der Waals surface area contributed by atoms with Crippen molar-refractivity contribution < 1.29 is 9.21 Å².